The minimum atomic E-state index is 0.636. The molecule has 44 heavy (non-hydrogen) atoms. The molecule has 0 heterocycles. The zero-order chi connectivity index (χ0) is 30.5. The van der Waals surface area contributed by atoms with Crippen LogP contribution in [0.1, 0.15) is 22.3 Å². The van der Waals surface area contributed by atoms with Gasteiger partial charge in [0, 0.05) is 34.1 Å². The average Bonchev–Trinajstić information content (AvgIpc) is 3.08. The summed E-state index contributed by atoms with van der Waals surface area (Å²) in [7, 11) is 0. The Balaban J connectivity index is 1.32. The summed E-state index contributed by atoms with van der Waals surface area (Å²) in [6.07, 6.45) is 0. The molecule has 0 fully saturated rings. The molecule has 0 amide bonds. The molecule has 6 aromatic rings. The van der Waals surface area contributed by atoms with E-state index in [1.807, 2.05) is 48.5 Å². The number of aryl methyl sites for hydroxylation is 2. The van der Waals surface area contributed by atoms with Crippen molar-refractivity contribution in [1.82, 2.24) is 0 Å². The van der Waals surface area contributed by atoms with Gasteiger partial charge in [0.25, 0.3) is 0 Å². The van der Waals surface area contributed by atoms with E-state index in [1.54, 1.807) is 0 Å². The summed E-state index contributed by atoms with van der Waals surface area (Å²) in [5.41, 5.74) is 12.1. The quantitative estimate of drug-likeness (QED) is 0.193. The Morgan fingerprint density at radius 3 is 0.818 bits per heavy atom. The Bertz CT molecular complexity index is 1790. The van der Waals surface area contributed by atoms with E-state index in [0.29, 0.717) is 11.1 Å². The molecular formula is C40H30N4. The van der Waals surface area contributed by atoms with Gasteiger partial charge in [0.1, 0.15) is 0 Å². The molecule has 4 nitrogen and oxygen atoms in total. The zero-order valence-corrected chi connectivity index (χ0v) is 24.6. The van der Waals surface area contributed by atoms with Crippen molar-refractivity contribution in [2.24, 2.45) is 0 Å². The van der Waals surface area contributed by atoms with Crippen LogP contribution in [0, 0.1) is 36.5 Å². The first-order valence-electron chi connectivity index (χ1n) is 14.5. The van der Waals surface area contributed by atoms with Gasteiger partial charge in [-0.15, -0.1) is 0 Å². The molecule has 0 spiro atoms. The normalized spacial score (nSPS) is 10.5. The number of nitrogens with zero attached hydrogens (tertiary/aromatic N) is 4. The highest BCUT2D eigenvalue weighted by atomic mass is 15.1. The standard InChI is InChI=1S/C40H30N4/c1-29-3-15-35(16-4-29)43(37-19-7-31(27-41)8-20-37)39-23-11-33(12-24-39)34-13-25-40(26-14-34)44(36-17-5-30(2)6-18-36)38-21-9-32(28-42)10-22-38/h3-26H,1-2H3. The van der Waals surface area contributed by atoms with Crippen molar-refractivity contribution in [3.05, 3.63) is 168 Å². The summed E-state index contributed by atoms with van der Waals surface area (Å²) >= 11 is 0. The van der Waals surface area contributed by atoms with E-state index in [-0.39, 0.29) is 0 Å². The van der Waals surface area contributed by atoms with Gasteiger partial charge in [0.05, 0.1) is 23.3 Å². The number of hydrogen-bond donors (Lipinski definition) is 0. The second-order valence-corrected chi connectivity index (χ2v) is 10.8. The van der Waals surface area contributed by atoms with Crippen molar-refractivity contribution >= 4 is 34.1 Å². The van der Waals surface area contributed by atoms with Gasteiger partial charge in [-0.3, -0.25) is 0 Å². The number of hydrogen-bond acceptors (Lipinski definition) is 4. The lowest BCUT2D eigenvalue weighted by molar-refractivity contribution is 1.27. The Labute approximate surface area is 258 Å². The van der Waals surface area contributed by atoms with Crippen molar-refractivity contribution in [2.75, 3.05) is 9.80 Å². The monoisotopic (exact) mass is 566 g/mol. The van der Waals surface area contributed by atoms with Crippen molar-refractivity contribution in [2.45, 2.75) is 13.8 Å². The minimum Gasteiger partial charge on any atom is -0.311 e. The van der Waals surface area contributed by atoms with Crippen LogP contribution in [-0.2, 0) is 0 Å². The second-order valence-electron chi connectivity index (χ2n) is 10.8. The zero-order valence-electron chi connectivity index (χ0n) is 24.6. The van der Waals surface area contributed by atoms with Gasteiger partial charge in [-0.25, -0.2) is 0 Å². The smallest absolute Gasteiger partial charge is 0.0991 e. The molecule has 0 aromatic heterocycles. The minimum absolute atomic E-state index is 0.636. The van der Waals surface area contributed by atoms with Gasteiger partial charge < -0.3 is 9.80 Å². The molecule has 0 aliphatic rings. The second kappa shape index (κ2) is 12.4. The largest absolute Gasteiger partial charge is 0.311 e. The van der Waals surface area contributed by atoms with E-state index >= 15 is 0 Å². The fourth-order valence-electron chi connectivity index (χ4n) is 5.26. The van der Waals surface area contributed by atoms with E-state index in [0.717, 1.165) is 45.3 Å². The summed E-state index contributed by atoms with van der Waals surface area (Å²) in [4.78, 5) is 4.40. The number of benzene rings is 6. The van der Waals surface area contributed by atoms with Gasteiger partial charge in [-0.1, -0.05) is 59.7 Å². The third-order valence-electron chi connectivity index (χ3n) is 7.68. The molecule has 0 bridgehead atoms. The summed E-state index contributed by atoms with van der Waals surface area (Å²) in [5, 5.41) is 18.6. The van der Waals surface area contributed by atoms with Crippen LogP contribution >= 0.6 is 0 Å². The van der Waals surface area contributed by atoms with Gasteiger partial charge in [-0.05, 0) is 122 Å². The van der Waals surface area contributed by atoms with Crippen molar-refractivity contribution in [3.8, 4) is 23.3 Å². The Hall–Kier alpha value is -6.10. The van der Waals surface area contributed by atoms with E-state index in [1.165, 1.54) is 11.1 Å². The van der Waals surface area contributed by atoms with Crippen LogP contribution in [0.15, 0.2) is 146 Å². The fourth-order valence-corrected chi connectivity index (χ4v) is 5.26. The van der Waals surface area contributed by atoms with E-state index in [9.17, 15) is 10.5 Å². The Kier molecular flexibility index (Phi) is 7.91. The first-order chi connectivity index (χ1) is 21.5. The summed E-state index contributed by atoms with van der Waals surface area (Å²) in [6.45, 7) is 4.17. The lowest BCUT2D eigenvalue weighted by atomic mass is 10.0. The maximum absolute atomic E-state index is 9.29. The molecule has 0 aliphatic heterocycles. The van der Waals surface area contributed by atoms with Gasteiger partial charge >= 0.3 is 0 Å². The molecule has 0 radical (unpaired) electrons. The topological polar surface area (TPSA) is 54.1 Å². The average molecular weight is 567 g/mol. The maximum Gasteiger partial charge on any atom is 0.0991 e. The molecule has 0 saturated carbocycles. The van der Waals surface area contributed by atoms with Crippen LogP contribution in [0.5, 0.6) is 0 Å². The van der Waals surface area contributed by atoms with Crippen LogP contribution in [0.4, 0.5) is 34.1 Å². The van der Waals surface area contributed by atoms with E-state index in [2.05, 4.69) is 133 Å². The highest BCUT2D eigenvalue weighted by molar-refractivity contribution is 5.81. The number of anilines is 6. The van der Waals surface area contributed by atoms with Crippen LogP contribution in [0.3, 0.4) is 0 Å². The Morgan fingerprint density at radius 1 is 0.341 bits per heavy atom. The van der Waals surface area contributed by atoms with E-state index in [4.69, 9.17) is 0 Å². The first kappa shape index (κ1) is 28.0. The van der Waals surface area contributed by atoms with Gasteiger partial charge in [0.15, 0.2) is 0 Å². The summed E-state index contributed by atoms with van der Waals surface area (Å²) < 4.78 is 0. The maximum atomic E-state index is 9.29. The number of nitriles is 2. The molecule has 210 valence electrons. The molecule has 4 heteroatoms. The Morgan fingerprint density at radius 2 is 0.568 bits per heavy atom. The van der Waals surface area contributed by atoms with E-state index < -0.39 is 0 Å². The first-order valence-corrected chi connectivity index (χ1v) is 14.5. The molecule has 0 saturated heterocycles. The van der Waals surface area contributed by atoms with Gasteiger partial charge in [0.2, 0.25) is 0 Å². The molecule has 0 N–H and O–H groups in total. The lowest BCUT2D eigenvalue weighted by Gasteiger charge is -2.26. The lowest BCUT2D eigenvalue weighted by Crippen LogP contribution is -2.10. The molecule has 0 aliphatic carbocycles. The third-order valence-corrected chi connectivity index (χ3v) is 7.68. The summed E-state index contributed by atoms with van der Waals surface area (Å²) in [5.74, 6) is 0. The predicted molar refractivity (Wildman–Crippen MR) is 180 cm³/mol. The molecule has 6 rings (SSSR count). The third kappa shape index (κ3) is 5.93. The molecule has 0 atom stereocenters. The molecule has 0 unspecified atom stereocenters. The summed E-state index contributed by atoms with van der Waals surface area (Å²) in [6, 6.07) is 53.8. The van der Waals surface area contributed by atoms with Crippen molar-refractivity contribution < 1.29 is 0 Å². The fraction of sp³-hybridized carbons (Fsp3) is 0.0500. The van der Waals surface area contributed by atoms with Crippen LogP contribution in [0.2, 0.25) is 0 Å². The van der Waals surface area contributed by atoms with Crippen LogP contribution in [0.25, 0.3) is 11.1 Å². The molecular weight excluding hydrogens is 536 g/mol. The SMILES string of the molecule is Cc1ccc(N(c2ccc(C#N)cc2)c2ccc(-c3ccc(N(c4ccc(C)cc4)c4ccc(C#N)cc4)cc3)cc2)cc1. The predicted octanol–water partition coefficient (Wildman–Crippen LogP) is 10.7. The number of rotatable bonds is 7. The highest BCUT2D eigenvalue weighted by Crippen LogP contribution is 2.38. The van der Waals surface area contributed by atoms with Crippen LogP contribution < -0.4 is 9.80 Å². The van der Waals surface area contributed by atoms with Gasteiger partial charge in [-0.2, -0.15) is 10.5 Å². The van der Waals surface area contributed by atoms with Crippen molar-refractivity contribution in [1.29, 1.82) is 10.5 Å². The highest BCUT2D eigenvalue weighted by Gasteiger charge is 2.15. The van der Waals surface area contributed by atoms with Crippen molar-refractivity contribution in [3.63, 3.8) is 0 Å². The van der Waals surface area contributed by atoms with Crippen LogP contribution in [-0.4, -0.2) is 0 Å². The molecule has 6 aromatic carbocycles.